The van der Waals surface area contributed by atoms with Crippen LogP contribution in [0.1, 0.15) is 58.8 Å². The predicted octanol–water partition coefficient (Wildman–Crippen LogP) is 2.81. The van der Waals surface area contributed by atoms with E-state index in [1.54, 1.807) is 4.90 Å². The number of nitrogens with zero attached hydrogens (tertiary/aromatic N) is 2. The monoisotopic (exact) mass is 294 g/mol. The van der Waals surface area contributed by atoms with Crippen molar-refractivity contribution in [2.24, 2.45) is 11.3 Å². The molecule has 118 valence electrons. The van der Waals surface area contributed by atoms with Crippen LogP contribution in [0.2, 0.25) is 0 Å². The van der Waals surface area contributed by atoms with Crippen LogP contribution in [-0.2, 0) is 9.59 Å². The third-order valence-electron chi connectivity index (χ3n) is 4.15. The molecule has 1 rings (SSSR count). The minimum Gasteiger partial charge on any atom is -0.481 e. The summed E-state index contributed by atoms with van der Waals surface area (Å²) in [6, 6.07) is 2.07. The van der Waals surface area contributed by atoms with Crippen molar-refractivity contribution in [3.63, 3.8) is 0 Å². The number of amides is 1. The van der Waals surface area contributed by atoms with Crippen LogP contribution < -0.4 is 0 Å². The van der Waals surface area contributed by atoms with Crippen LogP contribution in [0, 0.1) is 22.7 Å². The topological polar surface area (TPSA) is 81.4 Å². The second-order valence-corrected chi connectivity index (χ2v) is 6.60. The Kier molecular flexibility index (Phi) is 6.67. The van der Waals surface area contributed by atoms with E-state index in [1.807, 2.05) is 13.8 Å². The zero-order valence-electron chi connectivity index (χ0n) is 13.1. The van der Waals surface area contributed by atoms with Crippen LogP contribution in [0.5, 0.6) is 0 Å². The normalized spacial score (nSPS) is 16.7. The van der Waals surface area contributed by atoms with Crippen LogP contribution in [-0.4, -0.2) is 35.0 Å². The molecule has 21 heavy (non-hydrogen) atoms. The summed E-state index contributed by atoms with van der Waals surface area (Å²) < 4.78 is 0. The highest BCUT2D eigenvalue weighted by Crippen LogP contribution is 2.44. The van der Waals surface area contributed by atoms with E-state index in [2.05, 4.69) is 6.07 Å². The molecule has 0 heterocycles. The molecule has 1 fully saturated rings. The van der Waals surface area contributed by atoms with Crippen molar-refractivity contribution >= 4 is 11.9 Å². The van der Waals surface area contributed by atoms with Gasteiger partial charge in [-0.1, -0.05) is 26.7 Å². The Balaban J connectivity index is 2.72. The molecule has 5 heteroatoms. The summed E-state index contributed by atoms with van der Waals surface area (Å²) in [6.07, 6.45) is 4.35. The molecule has 1 amide bonds. The van der Waals surface area contributed by atoms with Gasteiger partial charge in [0.25, 0.3) is 0 Å². The van der Waals surface area contributed by atoms with Crippen LogP contribution >= 0.6 is 0 Å². The maximum Gasteiger partial charge on any atom is 0.303 e. The van der Waals surface area contributed by atoms with Crippen molar-refractivity contribution in [2.45, 2.75) is 58.8 Å². The molecule has 1 N–H and O–H groups in total. The molecule has 0 radical (unpaired) electrons. The van der Waals surface area contributed by atoms with E-state index in [4.69, 9.17) is 10.4 Å². The van der Waals surface area contributed by atoms with Gasteiger partial charge in [-0.2, -0.15) is 5.26 Å². The van der Waals surface area contributed by atoms with Gasteiger partial charge in [-0.25, -0.2) is 0 Å². The number of hydrogen-bond acceptors (Lipinski definition) is 3. The first-order chi connectivity index (χ1) is 9.88. The van der Waals surface area contributed by atoms with Gasteiger partial charge in [-0.05, 0) is 24.2 Å². The summed E-state index contributed by atoms with van der Waals surface area (Å²) in [7, 11) is 0. The van der Waals surface area contributed by atoms with Gasteiger partial charge < -0.3 is 10.0 Å². The van der Waals surface area contributed by atoms with E-state index in [-0.39, 0.29) is 17.7 Å². The van der Waals surface area contributed by atoms with Crippen LogP contribution in [0.15, 0.2) is 0 Å². The molecule has 1 aliphatic carbocycles. The number of carboxylic acid groups (broad SMARTS) is 1. The molecule has 0 aromatic carbocycles. The molecule has 0 saturated heterocycles. The number of hydrogen-bond donors (Lipinski definition) is 1. The SMILES string of the molecule is CC(C)CN(CCC#N)C(=O)CC1(CC(=O)O)CCCC1. The third kappa shape index (κ3) is 5.74. The van der Waals surface area contributed by atoms with E-state index in [0.29, 0.717) is 31.8 Å². The van der Waals surface area contributed by atoms with E-state index < -0.39 is 5.97 Å². The van der Waals surface area contributed by atoms with Gasteiger partial charge in [-0.3, -0.25) is 9.59 Å². The Hall–Kier alpha value is -1.57. The van der Waals surface area contributed by atoms with Crippen molar-refractivity contribution < 1.29 is 14.7 Å². The fourth-order valence-electron chi connectivity index (χ4n) is 3.24. The highest BCUT2D eigenvalue weighted by molar-refractivity contribution is 5.78. The molecule has 1 saturated carbocycles. The molecule has 0 aromatic heterocycles. The van der Waals surface area contributed by atoms with E-state index >= 15 is 0 Å². The van der Waals surface area contributed by atoms with Gasteiger partial charge >= 0.3 is 5.97 Å². The highest BCUT2D eigenvalue weighted by Gasteiger charge is 2.39. The summed E-state index contributed by atoms with van der Waals surface area (Å²) in [6.45, 7) is 5.14. The number of carbonyl (C=O) groups is 2. The second-order valence-electron chi connectivity index (χ2n) is 6.60. The minimum atomic E-state index is -0.822. The quantitative estimate of drug-likeness (QED) is 0.746. The standard InChI is InChI=1S/C16H26N2O3/c1-13(2)12-18(9-5-8-17)14(19)10-16(11-15(20)21)6-3-4-7-16/h13H,3-7,9-12H2,1-2H3,(H,20,21). The van der Waals surface area contributed by atoms with Gasteiger partial charge in [0.2, 0.25) is 5.91 Å². The molecule has 0 atom stereocenters. The van der Waals surface area contributed by atoms with Gasteiger partial charge in [0.1, 0.15) is 0 Å². The average molecular weight is 294 g/mol. The van der Waals surface area contributed by atoms with Gasteiger partial charge in [0.05, 0.1) is 18.9 Å². The zero-order valence-corrected chi connectivity index (χ0v) is 13.1. The van der Waals surface area contributed by atoms with Crippen LogP contribution in [0.25, 0.3) is 0 Å². The third-order valence-corrected chi connectivity index (χ3v) is 4.15. The lowest BCUT2D eigenvalue weighted by Crippen LogP contribution is -2.38. The van der Waals surface area contributed by atoms with Crippen molar-refractivity contribution in [3.8, 4) is 6.07 Å². The van der Waals surface area contributed by atoms with Gasteiger partial charge in [-0.15, -0.1) is 0 Å². The van der Waals surface area contributed by atoms with E-state index in [1.165, 1.54) is 0 Å². The largest absolute Gasteiger partial charge is 0.481 e. The number of carboxylic acids is 1. The molecule has 5 nitrogen and oxygen atoms in total. The first-order valence-corrected chi connectivity index (χ1v) is 7.75. The summed E-state index contributed by atoms with van der Waals surface area (Å²) in [4.78, 5) is 25.4. The Labute approximate surface area is 126 Å². The molecule has 0 bridgehead atoms. The van der Waals surface area contributed by atoms with E-state index in [9.17, 15) is 9.59 Å². The van der Waals surface area contributed by atoms with Crippen LogP contribution in [0.3, 0.4) is 0 Å². The maximum absolute atomic E-state index is 12.6. The molecule has 0 aliphatic heterocycles. The Morgan fingerprint density at radius 3 is 2.38 bits per heavy atom. The fourth-order valence-corrected chi connectivity index (χ4v) is 3.24. The van der Waals surface area contributed by atoms with Crippen molar-refractivity contribution in [3.05, 3.63) is 0 Å². The Morgan fingerprint density at radius 1 is 1.29 bits per heavy atom. The lowest BCUT2D eigenvalue weighted by atomic mass is 9.79. The fraction of sp³-hybridized carbons (Fsp3) is 0.812. The van der Waals surface area contributed by atoms with Crippen molar-refractivity contribution in [1.82, 2.24) is 4.90 Å². The smallest absolute Gasteiger partial charge is 0.303 e. The highest BCUT2D eigenvalue weighted by atomic mass is 16.4. The first kappa shape index (κ1) is 17.5. The van der Waals surface area contributed by atoms with Gasteiger partial charge in [0, 0.05) is 19.5 Å². The summed E-state index contributed by atoms with van der Waals surface area (Å²) in [5.74, 6) is -0.481. The first-order valence-electron chi connectivity index (χ1n) is 7.75. The predicted molar refractivity (Wildman–Crippen MR) is 79.4 cm³/mol. The summed E-state index contributed by atoms with van der Waals surface area (Å²) in [5.41, 5.74) is -0.370. The lowest BCUT2D eigenvalue weighted by Gasteiger charge is -2.31. The van der Waals surface area contributed by atoms with Gasteiger partial charge in [0.15, 0.2) is 0 Å². The number of carbonyl (C=O) groups excluding carboxylic acids is 1. The number of aliphatic carboxylic acids is 1. The number of rotatable bonds is 8. The van der Waals surface area contributed by atoms with E-state index in [0.717, 1.165) is 25.7 Å². The average Bonchev–Trinajstić information content (AvgIpc) is 2.81. The summed E-state index contributed by atoms with van der Waals surface area (Å²) >= 11 is 0. The molecule has 0 aromatic rings. The van der Waals surface area contributed by atoms with Crippen LogP contribution in [0.4, 0.5) is 0 Å². The Bertz CT molecular complexity index is 406. The molecular weight excluding hydrogens is 268 g/mol. The van der Waals surface area contributed by atoms with Crippen molar-refractivity contribution in [2.75, 3.05) is 13.1 Å². The lowest BCUT2D eigenvalue weighted by molar-refractivity contribution is -0.141. The molecule has 0 unspecified atom stereocenters. The summed E-state index contributed by atoms with van der Waals surface area (Å²) in [5, 5.41) is 17.8. The van der Waals surface area contributed by atoms with Crippen molar-refractivity contribution in [1.29, 1.82) is 5.26 Å². The maximum atomic E-state index is 12.6. The number of nitriles is 1. The zero-order chi connectivity index (χ0) is 15.9. The second kappa shape index (κ2) is 8.02. The molecular formula is C16H26N2O3. The Morgan fingerprint density at radius 2 is 1.90 bits per heavy atom. The molecule has 0 spiro atoms. The molecule has 1 aliphatic rings. The minimum absolute atomic E-state index is 0.00194.